The number of hydrogen-bond donors (Lipinski definition) is 1. The van der Waals surface area contributed by atoms with Gasteiger partial charge in [0.25, 0.3) is 0 Å². The Balaban J connectivity index is 2.30. The van der Waals surface area contributed by atoms with E-state index in [0.29, 0.717) is 6.54 Å². The molecule has 4 heteroatoms. The molecular formula is C16H27N3O. The van der Waals surface area contributed by atoms with E-state index in [1.165, 1.54) is 11.1 Å². The van der Waals surface area contributed by atoms with Crippen LogP contribution in [-0.4, -0.2) is 40.7 Å². The molecule has 1 atom stereocenters. The Morgan fingerprint density at radius 1 is 1.30 bits per heavy atom. The normalized spacial score (nSPS) is 23.5. The van der Waals surface area contributed by atoms with Gasteiger partial charge in [-0.3, -0.25) is 9.88 Å². The van der Waals surface area contributed by atoms with E-state index in [1.807, 2.05) is 12.4 Å². The van der Waals surface area contributed by atoms with E-state index in [9.17, 15) is 0 Å². The van der Waals surface area contributed by atoms with E-state index in [2.05, 4.69) is 50.6 Å². The van der Waals surface area contributed by atoms with Gasteiger partial charge in [-0.15, -0.1) is 0 Å². The minimum atomic E-state index is -0.161. The van der Waals surface area contributed by atoms with Gasteiger partial charge in [0.15, 0.2) is 0 Å². The molecule has 0 aliphatic carbocycles. The molecule has 0 bridgehead atoms. The molecule has 1 saturated heterocycles. The summed E-state index contributed by atoms with van der Waals surface area (Å²) in [4.78, 5) is 6.71. The lowest BCUT2D eigenvalue weighted by molar-refractivity contribution is -0.187. The zero-order chi connectivity index (χ0) is 15.0. The molecule has 1 aromatic heterocycles. The third kappa shape index (κ3) is 3.37. The van der Waals surface area contributed by atoms with E-state index in [0.717, 1.165) is 13.1 Å². The number of nitrogens with zero attached hydrogens (tertiary/aromatic N) is 2. The summed E-state index contributed by atoms with van der Waals surface area (Å²) in [6, 6.07) is 2.25. The topological polar surface area (TPSA) is 51.4 Å². The lowest BCUT2D eigenvalue weighted by Crippen LogP contribution is -2.58. The molecule has 1 aromatic rings. The Labute approximate surface area is 122 Å². The maximum atomic E-state index is 6.15. The Morgan fingerprint density at radius 2 is 1.90 bits per heavy atom. The van der Waals surface area contributed by atoms with E-state index < -0.39 is 0 Å². The van der Waals surface area contributed by atoms with E-state index in [1.54, 1.807) is 0 Å². The molecule has 0 radical (unpaired) electrons. The smallest absolute Gasteiger partial charge is 0.0761 e. The maximum absolute atomic E-state index is 6.15. The summed E-state index contributed by atoms with van der Waals surface area (Å²) in [7, 11) is 0. The van der Waals surface area contributed by atoms with Gasteiger partial charge in [0.05, 0.1) is 11.2 Å². The second-order valence-corrected chi connectivity index (χ2v) is 7.01. The number of hydrogen-bond acceptors (Lipinski definition) is 4. The lowest BCUT2D eigenvalue weighted by atomic mass is 9.94. The number of aryl methyl sites for hydroxylation is 1. The van der Waals surface area contributed by atoms with Crippen molar-refractivity contribution in [3.8, 4) is 0 Å². The third-order valence-corrected chi connectivity index (χ3v) is 3.82. The van der Waals surface area contributed by atoms with Crippen LogP contribution in [0, 0.1) is 6.92 Å². The van der Waals surface area contributed by atoms with Gasteiger partial charge in [-0.2, -0.15) is 0 Å². The highest BCUT2D eigenvalue weighted by atomic mass is 16.5. The van der Waals surface area contributed by atoms with Crippen molar-refractivity contribution in [2.75, 3.05) is 19.6 Å². The van der Waals surface area contributed by atoms with Crippen molar-refractivity contribution in [3.05, 3.63) is 29.6 Å². The number of ether oxygens (including phenoxy) is 1. The summed E-state index contributed by atoms with van der Waals surface area (Å²) in [5.74, 6) is 0. The van der Waals surface area contributed by atoms with E-state index in [4.69, 9.17) is 10.5 Å². The van der Waals surface area contributed by atoms with Gasteiger partial charge < -0.3 is 10.5 Å². The molecule has 1 aliphatic heterocycles. The van der Waals surface area contributed by atoms with Crippen LogP contribution in [0.1, 0.15) is 44.9 Å². The fourth-order valence-electron chi connectivity index (χ4n) is 3.36. The Hall–Kier alpha value is -0.970. The van der Waals surface area contributed by atoms with Crippen LogP contribution in [0.15, 0.2) is 18.5 Å². The van der Waals surface area contributed by atoms with E-state index in [-0.39, 0.29) is 17.2 Å². The molecule has 1 fully saturated rings. The molecule has 0 aromatic carbocycles. The van der Waals surface area contributed by atoms with Crippen molar-refractivity contribution in [3.63, 3.8) is 0 Å². The van der Waals surface area contributed by atoms with Crippen LogP contribution in [0.5, 0.6) is 0 Å². The van der Waals surface area contributed by atoms with Crippen LogP contribution in [0.4, 0.5) is 0 Å². The molecule has 2 heterocycles. The minimum absolute atomic E-state index is 0.161. The molecule has 0 saturated carbocycles. The summed E-state index contributed by atoms with van der Waals surface area (Å²) >= 11 is 0. The predicted molar refractivity (Wildman–Crippen MR) is 81.6 cm³/mol. The third-order valence-electron chi connectivity index (χ3n) is 3.82. The fourth-order valence-corrected chi connectivity index (χ4v) is 3.36. The average Bonchev–Trinajstić information content (AvgIpc) is 2.28. The summed E-state index contributed by atoms with van der Waals surface area (Å²) in [5.41, 5.74) is 8.22. The number of aromatic nitrogens is 1. The Morgan fingerprint density at radius 3 is 2.40 bits per heavy atom. The standard InChI is InChI=1S/C16H27N3O/c1-12-6-7-18-9-13(12)14(8-17)19-10-15(2,3)20-16(4,5)11-19/h6-7,9,14H,8,10-11,17H2,1-5H3. The van der Waals surface area contributed by atoms with Gasteiger partial charge in [-0.05, 0) is 51.8 Å². The number of morpholine rings is 1. The van der Waals surface area contributed by atoms with Crippen molar-refractivity contribution in [1.29, 1.82) is 0 Å². The zero-order valence-corrected chi connectivity index (χ0v) is 13.3. The molecule has 20 heavy (non-hydrogen) atoms. The minimum Gasteiger partial charge on any atom is -0.367 e. The first-order valence-corrected chi connectivity index (χ1v) is 7.29. The van der Waals surface area contributed by atoms with Crippen LogP contribution in [0.2, 0.25) is 0 Å². The maximum Gasteiger partial charge on any atom is 0.0761 e. The van der Waals surface area contributed by atoms with Crippen LogP contribution >= 0.6 is 0 Å². The van der Waals surface area contributed by atoms with Crippen LogP contribution in [0.25, 0.3) is 0 Å². The first-order valence-electron chi connectivity index (χ1n) is 7.29. The van der Waals surface area contributed by atoms with Gasteiger partial charge in [0.1, 0.15) is 0 Å². The molecule has 1 unspecified atom stereocenters. The number of pyridine rings is 1. The molecule has 112 valence electrons. The summed E-state index contributed by atoms with van der Waals surface area (Å²) in [5, 5.41) is 0. The highest BCUT2D eigenvalue weighted by Crippen LogP contribution is 2.33. The molecule has 4 nitrogen and oxygen atoms in total. The largest absolute Gasteiger partial charge is 0.367 e. The zero-order valence-electron chi connectivity index (χ0n) is 13.3. The second kappa shape index (κ2) is 5.43. The van der Waals surface area contributed by atoms with Gasteiger partial charge in [-0.1, -0.05) is 0 Å². The molecular weight excluding hydrogens is 250 g/mol. The van der Waals surface area contributed by atoms with Crippen molar-refractivity contribution in [1.82, 2.24) is 9.88 Å². The Kier molecular flexibility index (Phi) is 4.19. The second-order valence-electron chi connectivity index (χ2n) is 7.01. The highest BCUT2D eigenvalue weighted by Gasteiger charge is 2.40. The fraction of sp³-hybridized carbons (Fsp3) is 0.688. The molecule has 1 aliphatic rings. The number of rotatable bonds is 3. The molecule has 0 amide bonds. The van der Waals surface area contributed by atoms with Crippen LogP contribution < -0.4 is 5.73 Å². The first kappa shape index (κ1) is 15.4. The van der Waals surface area contributed by atoms with Crippen molar-refractivity contribution in [2.24, 2.45) is 5.73 Å². The first-order chi connectivity index (χ1) is 9.24. The molecule has 2 N–H and O–H groups in total. The van der Waals surface area contributed by atoms with Crippen molar-refractivity contribution in [2.45, 2.75) is 51.9 Å². The lowest BCUT2D eigenvalue weighted by Gasteiger charge is -2.49. The quantitative estimate of drug-likeness (QED) is 0.921. The van der Waals surface area contributed by atoms with Gasteiger partial charge >= 0.3 is 0 Å². The average molecular weight is 277 g/mol. The number of nitrogens with two attached hydrogens (primary N) is 1. The summed E-state index contributed by atoms with van der Waals surface area (Å²) in [6.45, 7) is 13.1. The Bertz CT molecular complexity index is 455. The van der Waals surface area contributed by atoms with Crippen LogP contribution in [0.3, 0.4) is 0 Å². The van der Waals surface area contributed by atoms with Crippen LogP contribution in [-0.2, 0) is 4.74 Å². The summed E-state index contributed by atoms with van der Waals surface area (Å²) in [6.07, 6.45) is 3.78. The van der Waals surface area contributed by atoms with Crippen molar-refractivity contribution < 1.29 is 4.74 Å². The monoisotopic (exact) mass is 277 g/mol. The SMILES string of the molecule is Cc1ccncc1C(CN)N1CC(C)(C)OC(C)(C)C1. The van der Waals surface area contributed by atoms with Gasteiger partial charge in [-0.25, -0.2) is 0 Å². The molecule has 0 spiro atoms. The predicted octanol–water partition coefficient (Wildman–Crippen LogP) is 2.28. The van der Waals surface area contributed by atoms with E-state index >= 15 is 0 Å². The van der Waals surface area contributed by atoms with Gasteiger partial charge in [0, 0.05) is 38.1 Å². The van der Waals surface area contributed by atoms with Gasteiger partial charge in [0.2, 0.25) is 0 Å². The molecule has 2 rings (SSSR count). The van der Waals surface area contributed by atoms with Crippen molar-refractivity contribution >= 4 is 0 Å². The highest BCUT2D eigenvalue weighted by molar-refractivity contribution is 5.26. The summed E-state index contributed by atoms with van der Waals surface area (Å²) < 4.78 is 6.15.